The summed E-state index contributed by atoms with van der Waals surface area (Å²) in [5, 5.41) is 0. The molecule has 1 saturated heterocycles. The van der Waals surface area contributed by atoms with Gasteiger partial charge < -0.3 is 4.74 Å². The van der Waals surface area contributed by atoms with Crippen molar-refractivity contribution in [1.29, 1.82) is 0 Å². The van der Waals surface area contributed by atoms with E-state index in [-0.39, 0.29) is 0 Å². The number of nitrogens with zero attached hydrogens (tertiary/aromatic N) is 1. The molecule has 0 aromatic rings. The van der Waals surface area contributed by atoms with E-state index in [1.807, 2.05) is 0 Å². The molecule has 1 atom stereocenters. The molecule has 1 heterocycles. The minimum atomic E-state index is -0.710. The quantitative estimate of drug-likeness (QED) is 0.657. The normalized spacial score (nSPS) is 21.5. The lowest BCUT2D eigenvalue weighted by Crippen LogP contribution is -2.43. The van der Waals surface area contributed by atoms with Crippen LogP contribution in [0.2, 0.25) is 0 Å². The summed E-state index contributed by atoms with van der Waals surface area (Å²) in [5.74, 6) is -0.710. The molecule has 1 rings (SSSR count). The highest BCUT2D eigenvalue weighted by molar-refractivity contribution is 5.84. The molecule has 2 amide bonds. The van der Waals surface area contributed by atoms with Gasteiger partial charge >= 0.3 is 6.09 Å². The van der Waals surface area contributed by atoms with E-state index in [0.29, 0.717) is 13.0 Å². The van der Waals surface area contributed by atoms with Gasteiger partial charge in [-0.25, -0.2) is 4.79 Å². The predicted octanol–water partition coefficient (Wildman–Crippen LogP) is 1.20. The first-order valence-electron chi connectivity index (χ1n) is 5.06. The first-order chi connectivity index (χ1) is 6.81. The molecule has 1 N–H and O–H groups in total. The second-order valence-corrected chi connectivity index (χ2v) is 4.70. The van der Waals surface area contributed by atoms with Gasteiger partial charge in [0.05, 0.1) is 0 Å². The highest BCUT2D eigenvalue weighted by atomic mass is 16.6. The Labute approximate surface area is 89.6 Å². The van der Waals surface area contributed by atoms with Crippen LogP contribution in [0.4, 0.5) is 4.79 Å². The summed E-state index contributed by atoms with van der Waals surface area (Å²) in [6.07, 6.45) is 0.835. The maximum absolute atomic E-state index is 11.6. The Morgan fingerprint density at radius 2 is 2.00 bits per heavy atom. The van der Waals surface area contributed by atoms with Gasteiger partial charge in [0.1, 0.15) is 11.6 Å². The van der Waals surface area contributed by atoms with Gasteiger partial charge in [0.25, 0.3) is 5.91 Å². The molecule has 5 heteroatoms. The van der Waals surface area contributed by atoms with Crippen LogP contribution in [-0.2, 0) is 9.53 Å². The molecule has 1 aliphatic heterocycles. The van der Waals surface area contributed by atoms with Crippen LogP contribution in [0.5, 0.6) is 0 Å². The molecule has 1 aliphatic rings. The molecule has 0 spiro atoms. The van der Waals surface area contributed by atoms with Crippen LogP contribution < -0.4 is 5.73 Å². The Balaban J connectivity index is 2.63. The molecule has 0 bridgehead atoms. The van der Waals surface area contributed by atoms with E-state index in [9.17, 15) is 9.59 Å². The first-order valence-corrected chi connectivity index (χ1v) is 5.06. The molecule has 15 heavy (non-hydrogen) atoms. The minimum Gasteiger partial charge on any atom is -0.444 e. The Morgan fingerprint density at radius 1 is 1.40 bits per heavy atom. The van der Waals surface area contributed by atoms with Gasteiger partial charge in [0.15, 0.2) is 0 Å². The summed E-state index contributed by atoms with van der Waals surface area (Å²) in [7, 11) is 0. The van der Waals surface area contributed by atoms with Crippen LogP contribution >= 0.6 is 0 Å². The predicted molar refractivity (Wildman–Crippen MR) is 54.1 cm³/mol. The SMILES string of the molecule is CC(C)(C)OC(=O)N1CCCC1C([NH])=O. The lowest BCUT2D eigenvalue weighted by Gasteiger charge is -2.26. The van der Waals surface area contributed by atoms with Crippen molar-refractivity contribution in [2.45, 2.75) is 45.3 Å². The fourth-order valence-electron chi connectivity index (χ4n) is 1.58. The zero-order valence-electron chi connectivity index (χ0n) is 9.37. The van der Waals surface area contributed by atoms with E-state index in [4.69, 9.17) is 10.5 Å². The maximum Gasteiger partial charge on any atom is 0.410 e. The molecule has 1 unspecified atom stereocenters. The molecule has 1 fully saturated rings. The molecule has 0 saturated carbocycles. The van der Waals surface area contributed by atoms with Crippen LogP contribution in [0.25, 0.3) is 0 Å². The third-order valence-electron chi connectivity index (χ3n) is 2.18. The van der Waals surface area contributed by atoms with Crippen LogP contribution in [0.3, 0.4) is 0 Å². The largest absolute Gasteiger partial charge is 0.444 e. The van der Waals surface area contributed by atoms with Crippen LogP contribution in [0.15, 0.2) is 0 Å². The maximum atomic E-state index is 11.6. The highest BCUT2D eigenvalue weighted by Crippen LogP contribution is 2.20. The standard InChI is InChI=1S/C10H17N2O3/c1-10(2,3)15-9(14)12-6-4-5-7(12)8(11)13/h7,11H,4-6H2,1-3H3. The highest BCUT2D eigenvalue weighted by Gasteiger charge is 2.35. The van der Waals surface area contributed by atoms with Gasteiger partial charge in [-0.2, -0.15) is 0 Å². The second kappa shape index (κ2) is 4.08. The number of likely N-dealkylation sites (tertiary alicyclic amines) is 1. The van der Waals surface area contributed by atoms with Gasteiger partial charge in [-0.3, -0.25) is 15.4 Å². The van der Waals surface area contributed by atoms with Gasteiger partial charge in [-0.15, -0.1) is 0 Å². The molecular formula is C10H17N2O3. The number of rotatable bonds is 1. The molecule has 0 aliphatic carbocycles. The number of ether oxygens (including phenoxy) is 1. The zero-order valence-corrected chi connectivity index (χ0v) is 9.37. The van der Waals surface area contributed by atoms with Crippen molar-refractivity contribution in [3.8, 4) is 0 Å². The summed E-state index contributed by atoms with van der Waals surface area (Å²) in [4.78, 5) is 23.9. The number of hydrogen-bond acceptors (Lipinski definition) is 3. The summed E-state index contributed by atoms with van der Waals surface area (Å²) < 4.78 is 5.15. The van der Waals surface area contributed by atoms with E-state index in [0.717, 1.165) is 6.42 Å². The van der Waals surface area contributed by atoms with Crippen molar-refractivity contribution < 1.29 is 14.3 Å². The van der Waals surface area contributed by atoms with Gasteiger partial charge in [0.2, 0.25) is 0 Å². The molecule has 5 nitrogen and oxygen atoms in total. The number of amides is 2. The van der Waals surface area contributed by atoms with Crippen LogP contribution in [0.1, 0.15) is 33.6 Å². The third-order valence-corrected chi connectivity index (χ3v) is 2.18. The monoisotopic (exact) mass is 213 g/mol. The minimum absolute atomic E-state index is 0.495. The van der Waals surface area contributed by atoms with Crippen molar-refractivity contribution in [2.75, 3.05) is 6.54 Å². The number of nitrogens with one attached hydrogen (secondary N) is 1. The van der Waals surface area contributed by atoms with E-state index >= 15 is 0 Å². The van der Waals surface area contributed by atoms with Crippen molar-refractivity contribution in [3.63, 3.8) is 0 Å². The average molecular weight is 213 g/mol. The lowest BCUT2D eigenvalue weighted by atomic mass is 10.2. The molecule has 1 radical (unpaired) electrons. The van der Waals surface area contributed by atoms with E-state index in [1.165, 1.54) is 4.90 Å². The van der Waals surface area contributed by atoms with Crippen molar-refractivity contribution >= 4 is 12.0 Å². The Kier molecular flexibility index (Phi) is 3.21. The molecule has 85 valence electrons. The van der Waals surface area contributed by atoms with Gasteiger partial charge in [-0.1, -0.05) is 0 Å². The Morgan fingerprint density at radius 3 is 2.47 bits per heavy atom. The molecular weight excluding hydrogens is 196 g/mol. The Bertz CT molecular complexity index is 270. The van der Waals surface area contributed by atoms with Crippen LogP contribution in [-0.4, -0.2) is 35.1 Å². The first kappa shape index (κ1) is 11.8. The number of carbonyl (C=O) groups is 2. The topological polar surface area (TPSA) is 70.4 Å². The summed E-state index contributed by atoms with van der Waals surface area (Å²) in [5.41, 5.74) is 6.48. The van der Waals surface area contributed by atoms with E-state index in [2.05, 4.69) is 0 Å². The van der Waals surface area contributed by atoms with E-state index < -0.39 is 23.6 Å². The average Bonchev–Trinajstić information content (AvgIpc) is 2.47. The molecule has 0 aromatic carbocycles. The van der Waals surface area contributed by atoms with Crippen molar-refractivity contribution in [2.24, 2.45) is 0 Å². The fraction of sp³-hybridized carbons (Fsp3) is 0.800. The molecule has 0 aromatic heterocycles. The fourth-order valence-corrected chi connectivity index (χ4v) is 1.58. The lowest BCUT2D eigenvalue weighted by molar-refractivity contribution is -0.122. The van der Waals surface area contributed by atoms with E-state index in [1.54, 1.807) is 20.8 Å². The summed E-state index contributed by atoms with van der Waals surface area (Å²) in [6.45, 7) is 5.83. The second-order valence-electron chi connectivity index (χ2n) is 4.70. The third kappa shape index (κ3) is 3.11. The zero-order chi connectivity index (χ0) is 11.6. The smallest absolute Gasteiger partial charge is 0.410 e. The Hall–Kier alpha value is -1.26. The van der Waals surface area contributed by atoms with Gasteiger partial charge in [0, 0.05) is 6.54 Å². The van der Waals surface area contributed by atoms with Crippen molar-refractivity contribution in [1.82, 2.24) is 10.6 Å². The summed E-state index contributed by atoms with van der Waals surface area (Å²) >= 11 is 0. The van der Waals surface area contributed by atoms with Gasteiger partial charge in [-0.05, 0) is 33.6 Å². The number of carbonyl (C=O) groups excluding carboxylic acids is 2. The van der Waals surface area contributed by atoms with Crippen LogP contribution in [0, 0.1) is 0 Å². The number of hydrogen-bond donors (Lipinski definition) is 0. The summed E-state index contributed by atoms with van der Waals surface area (Å²) in [6, 6.07) is -0.611. The van der Waals surface area contributed by atoms with Crippen molar-refractivity contribution in [3.05, 3.63) is 0 Å².